The minimum absolute atomic E-state index is 0.284. The molecule has 0 aliphatic carbocycles. The summed E-state index contributed by atoms with van der Waals surface area (Å²) < 4.78 is 5.41. The van der Waals surface area contributed by atoms with Gasteiger partial charge in [0.25, 0.3) is 0 Å². The second-order valence-corrected chi connectivity index (χ2v) is 8.97. The molecule has 34 heavy (non-hydrogen) atoms. The van der Waals surface area contributed by atoms with Crippen LogP contribution in [0.2, 0.25) is 5.02 Å². The van der Waals surface area contributed by atoms with Crippen molar-refractivity contribution < 1.29 is 19.1 Å². The first-order chi connectivity index (χ1) is 16.5. The second kappa shape index (κ2) is 16.0. The first-order valence-corrected chi connectivity index (χ1v) is 12.8. The third kappa shape index (κ3) is 11.0. The first-order valence-electron chi connectivity index (χ1n) is 12.4. The molecule has 0 aliphatic rings. The van der Waals surface area contributed by atoms with Crippen LogP contribution in [0.15, 0.2) is 48.5 Å². The third-order valence-electron chi connectivity index (χ3n) is 5.59. The van der Waals surface area contributed by atoms with Crippen LogP contribution in [-0.4, -0.2) is 17.7 Å². The van der Waals surface area contributed by atoms with Gasteiger partial charge in [0, 0.05) is 18.1 Å². The molecule has 1 amide bonds. The van der Waals surface area contributed by atoms with Crippen molar-refractivity contribution in [2.24, 2.45) is 0 Å². The first kappa shape index (κ1) is 27.6. The maximum absolute atomic E-state index is 12.3. The molecule has 1 N–H and O–H groups in total. The highest BCUT2D eigenvalue weighted by Gasteiger charge is 2.14. The summed E-state index contributed by atoms with van der Waals surface area (Å²) >= 11 is 6.17. The van der Waals surface area contributed by atoms with E-state index in [0.29, 0.717) is 28.4 Å². The van der Waals surface area contributed by atoms with E-state index in [1.54, 1.807) is 42.5 Å². The summed E-state index contributed by atoms with van der Waals surface area (Å²) in [5.74, 6) is -0.762. The molecule has 0 fully saturated rings. The molecule has 0 saturated carbocycles. The van der Waals surface area contributed by atoms with Crippen molar-refractivity contribution in [3.05, 3.63) is 59.1 Å². The lowest BCUT2D eigenvalue weighted by Gasteiger charge is -2.10. The Morgan fingerprint density at radius 2 is 1.44 bits per heavy atom. The van der Waals surface area contributed by atoms with Crippen LogP contribution in [0.3, 0.4) is 0 Å². The maximum Gasteiger partial charge on any atom is 0.311 e. The predicted octanol–water partition coefficient (Wildman–Crippen LogP) is 7.77. The molecule has 0 spiro atoms. The van der Waals surface area contributed by atoms with Crippen LogP contribution in [0.5, 0.6) is 5.75 Å². The van der Waals surface area contributed by atoms with Gasteiger partial charge in [-0.25, -0.2) is 0 Å². The van der Waals surface area contributed by atoms with Crippen molar-refractivity contribution >= 4 is 34.9 Å². The molecule has 0 radical (unpaired) electrons. The largest absolute Gasteiger partial charge is 0.426 e. The van der Waals surface area contributed by atoms with Crippen LogP contribution < -0.4 is 10.1 Å². The Hall–Kier alpha value is -2.66. The molecule has 0 unspecified atom stereocenters. The Morgan fingerprint density at radius 1 is 0.824 bits per heavy atom. The Labute approximate surface area is 208 Å². The van der Waals surface area contributed by atoms with E-state index in [2.05, 4.69) is 12.2 Å². The van der Waals surface area contributed by atoms with Gasteiger partial charge in [-0.15, -0.1) is 0 Å². The van der Waals surface area contributed by atoms with Gasteiger partial charge in [0.05, 0.1) is 17.1 Å². The Morgan fingerprint density at radius 3 is 2.09 bits per heavy atom. The summed E-state index contributed by atoms with van der Waals surface area (Å²) in [5.41, 5.74) is 0.773. The number of anilines is 1. The fourth-order valence-electron chi connectivity index (χ4n) is 3.67. The number of nitrogens with one attached hydrogen (secondary N) is 1. The summed E-state index contributed by atoms with van der Waals surface area (Å²) in [6.07, 6.45) is 12.1. The van der Waals surface area contributed by atoms with Crippen molar-refractivity contribution in [1.29, 1.82) is 0 Å². The Kier molecular flexibility index (Phi) is 13.0. The summed E-state index contributed by atoms with van der Waals surface area (Å²) in [6, 6.07) is 13.3. The molecule has 2 rings (SSSR count). The van der Waals surface area contributed by atoms with E-state index in [1.165, 1.54) is 51.0 Å². The molecule has 0 aliphatic heterocycles. The van der Waals surface area contributed by atoms with Crippen LogP contribution in [-0.2, 0) is 9.59 Å². The van der Waals surface area contributed by atoms with Crippen LogP contribution in [0.1, 0.15) is 94.3 Å². The van der Waals surface area contributed by atoms with Crippen molar-refractivity contribution in [2.45, 2.75) is 84.0 Å². The van der Waals surface area contributed by atoms with Crippen molar-refractivity contribution in [3.63, 3.8) is 0 Å². The molecular formula is C28H36ClNO4. The monoisotopic (exact) mass is 485 g/mol. The summed E-state index contributed by atoms with van der Waals surface area (Å²) in [7, 11) is 0. The average Bonchev–Trinajstić information content (AvgIpc) is 2.83. The number of ether oxygens (including phenoxy) is 1. The normalized spacial score (nSPS) is 10.6. The summed E-state index contributed by atoms with van der Waals surface area (Å²) in [4.78, 5) is 36.7. The second-order valence-electron chi connectivity index (χ2n) is 8.56. The van der Waals surface area contributed by atoms with E-state index in [4.69, 9.17) is 16.3 Å². The zero-order chi connectivity index (χ0) is 24.6. The van der Waals surface area contributed by atoms with E-state index in [1.807, 2.05) is 0 Å². The van der Waals surface area contributed by atoms with Gasteiger partial charge >= 0.3 is 5.97 Å². The van der Waals surface area contributed by atoms with Gasteiger partial charge in [-0.3, -0.25) is 14.4 Å². The number of rotatable bonds is 16. The molecule has 184 valence electrons. The average molecular weight is 486 g/mol. The van der Waals surface area contributed by atoms with E-state index in [0.717, 1.165) is 19.3 Å². The maximum atomic E-state index is 12.3. The molecule has 0 aromatic heterocycles. The third-order valence-corrected chi connectivity index (χ3v) is 5.92. The molecule has 6 heteroatoms. The molecule has 0 heterocycles. The fraction of sp³-hybridized carbons (Fsp3) is 0.464. The van der Waals surface area contributed by atoms with Crippen LogP contribution in [0.4, 0.5) is 5.69 Å². The summed E-state index contributed by atoms with van der Waals surface area (Å²) in [6.45, 7) is 2.23. The molecule has 2 aromatic rings. The number of Topliss-reactive ketones (excluding diaryl/α,β-unsaturated/α-hetero) is 1. The minimum Gasteiger partial charge on any atom is -0.426 e. The van der Waals surface area contributed by atoms with Gasteiger partial charge in [0.1, 0.15) is 5.75 Å². The highest BCUT2D eigenvalue weighted by Crippen LogP contribution is 2.27. The minimum atomic E-state index is -0.482. The number of halogens is 1. The molecule has 0 atom stereocenters. The molecule has 2 aromatic carbocycles. The van der Waals surface area contributed by atoms with Crippen LogP contribution in [0.25, 0.3) is 0 Å². The Balaban J connectivity index is 1.70. The number of unbranched alkanes of at least 4 members (excludes halogenated alkanes) is 9. The van der Waals surface area contributed by atoms with Crippen molar-refractivity contribution in [1.82, 2.24) is 0 Å². The SMILES string of the molecule is CCCCCCCCCCCCC(=O)Oc1ccc(Cl)c(NC(=O)CC(=O)c2ccccc2)c1. The van der Waals surface area contributed by atoms with E-state index >= 15 is 0 Å². The van der Waals surface area contributed by atoms with Crippen LogP contribution >= 0.6 is 11.6 Å². The number of esters is 1. The van der Waals surface area contributed by atoms with E-state index in [-0.39, 0.29) is 18.2 Å². The fourth-order valence-corrected chi connectivity index (χ4v) is 3.83. The lowest BCUT2D eigenvalue weighted by molar-refractivity contribution is -0.134. The van der Waals surface area contributed by atoms with Gasteiger partial charge in [-0.05, 0) is 18.6 Å². The van der Waals surface area contributed by atoms with Crippen molar-refractivity contribution in [2.75, 3.05) is 5.32 Å². The van der Waals surface area contributed by atoms with Gasteiger partial charge < -0.3 is 10.1 Å². The highest BCUT2D eigenvalue weighted by molar-refractivity contribution is 6.34. The number of hydrogen-bond donors (Lipinski definition) is 1. The molecular weight excluding hydrogens is 450 g/mol. The number of benzene rings is 2. The molecule has 0 saturated heterocycles. The molecule has 0 bridgehead atoms. The van der Waals surface area contributed by atoms with Gasteiger partial charge in [0.15, 0.2) is 5.78 Å². The Bertz CT molecular complexity index is 914. The highest BCUT2D eigenvalue weighted by atomic mass is 35.5. The lowest BCUT2D eigenvalue weighted by Crippen LogP contribution is -2.17. The smallest absolute Gasteiger partial charge is 0.311 e. The predicted molar refractivity (Wildman–Crippen MR) is 138 cm³/mol. The lowest BCUT2D eigenvalue weighted by atomic mass is 10.1. The van der Waals surface area contributed by atoms with Crippen molar-refractivity contribution in [3.8, 4) is 5.75 Å². The van der Waals surface area contributed by atoms with E-state index in [9.17, 15) is 14.4 Å². The zero-order valence-electron chi connectivity index (χ0n) is 20.1. The van der Waals surface area contributed by atoms with E-state index < -0.39 is 5.91 Å². The van der Waals surface area contributed by atoms with Crippen LogP contribution in [0, 0.1) is 0 Å². The number of hydrogen-bond acceptors (Lipinski definition) is 4. The number of carbonyl (C=O) groups is 3. The quantitative estimate of drug-likeness (QED) is 0.0866. The number of amides is 1. The zero-order valence-corrected chi connectivity index (χ0v) is 20.9. The molecule has 5 nitrogen and oxygen atoms in total. The van der Waals surface area contributed by atoms with Gasteiger partial charge in [0.2, 0.25) is 5.91 Å². The topological polar surface area (TPSA) is 72.5 Å². The standard InChI is InChI=1S/C28H36ClNO4/c1-2-3-4-5-6-7-8-9-10-14-17-28(33)34-23-18-19-24(29)25(20-23)30-27(32)21-26(31)22-15-12-11-13-16-22/h11-13,15-16,18-20H,2-10,14,17,21H2,1H3,(H,30,32). The summed E-state index contributed by atoms with van der Waals surface area (Å²) in [5, 5.41) is 2.93. The van der Waals surface area contributed by atoms with Gasteiger partial charge in [-0.2, -0.15) is 0 Å². The number of ketones is 1. The number of carbonyl (C=O) groups excluding carboxylic acids is 3. The van der Waals surface area contributed by atoms with Gasteiger partial charge in [-0.1, -0.05) is 107 Å².